The molecule has 0 saturated carbocycles. The second-order valence-electron chi connectivity index (χ2n) is 4.55. The van der Waals surface area contributed by atoms with E-state index in [0.717, 1.165) is 23.3 Å². The van der Waals surface area contributed by atoms with Crippen LogP contribution in [0.3, 0.4) is 0 Å². The topological polar surface area (TPSA) is 52.4 Å². The van der Waals surface area contributed by atoms with E-state index in [4.69, 9.17) is 4.74 Å². The van der Waals surface area contributed by atoms with Crippen molar-refractivity contribution >= 4 is 5.69 Å². The number of rotatable bonds is 5. The largest absolute Gasteiger partial charge is 0.497 e. The van der Waals surface area contributed by atoms with Crippen LogP contribution in [0.25, 0.3) is 0 Å². The van der Waals surface area contributed by atoms with Crippen LogP contribution in [0.2, 0.25) is 0 Å². The molecular weight excluding hydrogens is 254 g/mol. The summed E-state index contributed by atoms with van der Waals surface area (Å²) in [5.74, 6) is 0.800. The average Bonchev–Trinajstić information content (AvgIpc) is 2.49. The second-order valence-corrected chi connectivity index (χ2v) is 4.55. The SMILES string of the molecule is CCC(c1ccc(OC)cc1)c1ccccc1[N+](=O)[O-]. The fourth-order valence-electron chi connectivity index (χ4n) is 2.42. The lowest BCUT2D eigenvalue weighted by Crippen LogP contribution is -2.03. The van der Waals surface area contributed by atoms with Crippen molar-refractivity contribution in [1.82, 2.24) is 0 Å². The molecule has 0 N–H and O–H groups in total. The molecule has 0 aliphatic heterocycles. The highest BCUT2D eigenvalue weighted by Gasteiger charge is 2.21. The minimum atomic E-state index is -0.318. The van der Waals surface area contributed by atoms with Crippen molar-refractivity contribution in [3.05, 3.63) is 69.8 Å². The second kappa shape index (κ2) is 6.19. The molecule has 20 heavy (non-hydrogen) atoms. The number of benzene rings is 2. The van der Waals surface area contributed by atoms with E-state index in [0.29, 0.717) is 0 Å². The summed E-state index contributed by atoms with van der Waals surface area (Å²) in [6.45, 7) is 2.03. The monoisotopic (exact) mass is 271 g/mol. The van der Waals surface area contributed by atoms with Crippen LogP contribution < -0.4 is 4.74 Å². The van der Waals surface area contributed by atoms with Gasteiger partial charge in [0.25, 0.3) is 5.69 Å². The third-order valence-electron chi connectivity index (χ3n) is 3.44. The number of nitrogens with zero attached hydrogens (tertiary/aromatic N) is 1. The summed E-state index contributed by atoms with van der Waals surface area (Å²) in [7, 11) is 1.62. The molecule has 0 heterocycles. The van der Waals surface area contributed by atoms with Crippen molar-refractivity contribution in [1.29, 1.82) is 0 Å². The third kappa shape index (κ3) is 2.79. The fraction of sp³-hybridized carbons (Fsp3) is 0.250. The van der Waals surface area contributed by atoms with Crippen LogP contribution in [0.1, 0.15) is 30.4 Å². The van der Waals surface area contributed by atoms with E-state index in [2.05, 4.69) is 0 Å². The summed E-state index contributed by atoms with van der Waals surface area (Å²) in [5.41, 5.74) is 1.99. The minimum Gasteiger partial charge on any atom is -0.497 e. The molecule has 2 aromatic carbocycles. The van der Waals surface area contributed by atoms with E-state index in [-0.39, 0.29) is 16.5 Å². The van der Waals surface area contributed by atoms with Crippen LogP contribution in [0, 0.1) is 10.1 Å². The lowest BCUT2D eigenvalue weighted by molar-refractivity contribution is -0.385. The van der Waals surface area contributed by atoms with Crippen LogP contribution in [0.4, 0.5) is 5.69 Å². The lowest BCUT2D eigenvalue weighted by atomic mass is 9.88. The molecule has 0 amide bonds. The van der Waals surface area contributed by atoms with Gasteiger partial charge in [-0.15, -0.1) is 0 Å². The molecule has 0 saturated heterocycles. The number of para-hydroxylation sites is 1. The molecule has 0 aliphatic rings. The van der Waals surface area contributed by atoms with Gasteiger partial charge >= 0.3 is 0 Å². The van der Waals surface area contributed by atoms with Crippen molar-refractivity contribution in [3.63, 3.8) is 0 Å². The zero-order valence-corrected chi connectivity index (χ0v) is 11.6. The zero-order chi connectivity index (χ0) is 14.5. The van der Waals surface area contributed by atoms with Gasteiger partial charge in [0.05, 0.1) is 12.0 Å². The Hall–Kier alpha value is -2.36. The van der Waals surface area contributed by atoms with Gasteiger partial charge in [-0.25, -0.2) is 0 Å². The highest BCUT2D eigenvalue weighted by molar-refractivity contribution is 5.47. The maximum atomic E-state index is 11.2. The Labute approximate surface area is 118 Å². The normalized spacial score (nSPS) is 11.9. The van der Waals surface area contributed by atoms with E-state index in [1.807, 2.05) is 43.3 Å². The van der Waals surface area contributed by atoms with Gasteiger partial charge in [0.2, 0.25) is 0 Å². The van der Waals surface area contributed by atoms with Crippen LogP contribution in [0.5, 0.6) is 5.75 Å². The van der Waals surface area contributed by atoms with E-state index in [1.54, 1.807) is 19.2 Å². The zero-order valence-electron chi connectivity index (χ0n) is 11.6. The first kappa shape index (κ1) is 14.1. The first-order chi connectivity index (χ1) is 9.67. The molecule has 0 spiro atoms. The number of hydrogen-bond donors (Lipinski definition) is 0. The van der Waals surface area contributed by atoms with Crippen molar-refractivity contribution in [2.75, 3.05) is 7.11 Å². The molecule has 0 fully saturated rings. The quantitative estimate of drug-likeness (QED) is 0.606. The predicted molar refractivity (Wildman–Crippen MR) is 78.2 cm³/mol. The Kier molecular flexibility index (Phi) is 4.35. The van der Waals surface area contributed by atoms with E-state index >= 15 is 0 Å². The Morgan fingerprint density at radius 2 is 1.80 bits per heavy atom. The summed E-state index contributed by atoms with van der Waals surface area (Å²) in [6, 6.07) is 14.6. The van der Waals surface area contributed by atoms with Crippen molar-refractivity contribution < 1.29 is 9.66 Å². The van der Waals surface area contributed by atoms with Crippen LogP contribution in [0.15, 0.2) is 48.5 Å². The number of nitro benzene ring substituents is 1. The first-order valence-corrected chi connectivity index (χ1v) is 6.54. The molecule has 4 heteroatoms. The molecule has 0 aliphatic carbocycles. The van der Waals surface area contributed by atoms with Crippen LogP contribution >= 0.6 is 0 Å². The Bertz CT molecular complexity index is 593. The molecular formula is C16H17NO3. The molecule has 4 nitrogen and oxygen atoms in total. The summed E-state index contributed by atoms with van der Waals surface area (Å²) in [6.07, 6.45) is 0.803. The summed E-state index contributed by atoms with van der Waals surface area (Å²) in [4.78, 5) is 10.8. The molecule has 104 valence electrons. The van der Waals surface area contributed by atoms with E-state index < -0.39 is 0 Å². The van der Waals surface area contributed by atoms with Gasteiger partial charge in [-0.3, -0.25) is 10.1 Å². The van der Waals surface area contributed by atoms with Gasteiger partial charge < -0.3 is 4.74 Å². The van der Waals surface area contributed by atoms with Gasteiger partial charge in [0.1, 0.15) is 5.75 Å². The van der Waals surface area contributed by atoms with Crippen molar-refractivity contribution in [2.45, 2.75) is 19.3 Å². The Morgan fingerprint density at radius 3 is 2.35 bits per heavy atom. The minimum absolute atomic E-state index is 0.0162. The number of ether oxygens (including phenoxy) is 1. The molecule has 1 unspecified atom stereocenters. The maximum Gasteiger partial charge on any atom is 0.273 e. The van der Waals surface area contributed by atoms with E-state index in [1.165, 1.54) is 0 Å². The number of hydrogen-bond acceptors (Lipinski definition) is 3. The Morgan fingerprint density at radius 1 is 1.15 bits per heavy atom. The molecule has 2 rings (SSSR count). The fourth-order valence-corrected chi connectivity index (χ4v) is 2.42. The third-order valence-corrected chi connectivity index (χ3v) is 3.44. The van der Waals surface area contributed by atoms with E-state index in [9.17, 15) is 10.1 Å². The van der Waals surface area contributed by atoms with Gasteiger partial charge in [0.15, 0.2) is 0 Å². The lowest BCUT2D eigenvalue weighted by Gasteiger charge is -2.16. The molecule has 1 atom stereocenters. The Balaban J connectivity index is 2.44. The highest BCUT2D eigenvalue weighted by atomic mass is 16.6. The smallest absolute Gasteiger partial charge is 0.273 e. The number of nitro groups is 1. The predicted octanol–water partition coefficient (Wildman–Crippen LogP) is 4.15. The first-order valence-electron chi connectivity index (χ1n) is 6.54. The van der Waals surface area contributed by atoms with Gasteiger partial charge in [0, 0.05) is 17.5 Å². The standard InChI is InChI=1S/C16H17NO3/c1-3-14(12-8-10-13(20-2)11-9-12)15-6-4-5-7-16(15)17(18)19/h4-11,14H,3H2,1-2H3. The maximum absolute atomic E-state index is 11.2. The highest BCUT2D eigenvalue weighted by Crippen LogP contribution is 2.34. The number of methoxy groups -OCH3 is 1. The van der Waals surface area contributed by atoms with Crippen molar-refractivity contribution in [2.24, 2.45) is 0 Å². The summed E-state index contributed by atoms with van der Waals surface area (Å²) in [5, 5.41) is 11.2. The molecule has 0 bridgehead atoms. The summed E-state index contributed by atoms with van der Waals surface area (Å²) >= 11 is 0. The average molecular weight is 271 g/mol. The van der Waals surface area contributed by atoms with Gasteiger partial charge in [-0.1, -0.05) is 37.3 Å². The molecule has 2 aromatic rings. The van der Waals surface area contributed by atoms with Gasteiger partial charge in [-0.05, 0) is 24.1 Å². The van der Waals surface area contributed by atoms with Crippen molar-refractivity contribution in [3.8, 4) is 5.75 Å². The van der Waals surface area contributed by atoms with Crippen LogP contribution in [-0.2, 0) is 0 Å². The van der Waals surface area contributed by atoms with Crippen LogP contribution in [-0.4, -0.2) is 12.0 Å². The molecule has 0 radical (unpaired) electrons. The molecule has 0 aromatic heterocycles. The summed E-state index contributed by atoms with van der Waals surface area (Å²) < 4.78 is 5.14. The van der Waals surface area contributed by atoms with Gasteiger partial charge in [-0.2, -0.15) is 0 Å².